The normalized spacial score (nSPS) is 10.6. The maximum absolute atomic E-state index is 11.9. The summed E-state index contributed by atoms with van der Waals surface area (Å²) in [5.41, 5.74) is 2.43. The lowest BCUT2D eigenvalue weighted by atomic mass is 9.88. The lowest BCUT2D eigenvalue weighted by Gasteiger charge is -1.98. The molecule has 0 unspecified atom stereocenters. The van der Waals surface area contributed by atoms with Crippen molar-refractivity contribution in [2.75, 3.05) is 0 Å². The Hall–Kier alpha value is -1.40. The van der Waals surface area contributed by atoms with E-state index in [9.17, 15) is 4.79 Å². The molecule has 0 amide bonds. The van der Waals surface area contributed by atoms with Crippen LogP contribution in [0, 0.1) is 3.57 Å². The van der Waals surface area contributed by atoms with Crippen LogP contribution in [-0.2, 0) is 0 Å². The summed E-state index contributed by atoms with van der Waals surface area (Å²) >= 11 is 2.24. The van der Waals surface area contributed by atoms with Gasteiger partial charge in [-0.1, -0.05) is 47.9 Å². The molecule has 0 radical (unpaired) electrons. The zero-order valence-electron chi connectivity index (χ0n) is 10.2. The minimum absolute atomic E-state index is 0.00698. The molecule has 0 bridgehead atoms. The Morgan fingerprint density at radius 3 is 2.26 bits per heavy atom. The fourth-order valence-electron chi connectivity index (χ4n) is 1.62. The molecule has 94 valence electrons. The quantitative estimate of drug-likeness (QED) is 0.392. The third kappa shape index (κ3) is 4.04. The Morgan fingerprint density at radius 1 is 1.05 bits per heavy atom. The van der Waals surface area contributed by atoms with Crippen molar-refractivity contribution >= 4 is 47.4 Å². The van der Waals surface area contributed by atoms with Crippen LogP contribution in [0.3, 0.4) is 0 Å². The van der Waals surface area contributed by atoms with Gasteiger partial charge in [0.25, 0.3) is 0 Å². The van der Waals surface area contributed by atoms with Crippen LogP contribution in [0.5, 0.6) is 0 Å². The minimum atomic E-state index is -0.0389. The van der Waals surface area contributed by atoms with Gasteiger partial charge in [-0.2, -0.15) is 0 Å². The highest BCUT2D eigenvalue weighted by Gasteiger charge is 2.01. The summed E-state index contributed by atoms with van der Waals surface area (Å²) in [4.78, 5) is 11.9. The summed E-state index contributed by atoms with van der Waals surface area (Å²) in [6.45, 7) is 0. The van der Waals surface area contributed by atoms with Gasteiger partial charge in [-0.15, -0.1) is 0 Å². The van der Waals surface area contributed by atoms with Crippen molar-refractivity contribution in [1.29, 1.82) is 0 Å². The molecule has 2 nitrogen and oxygen atoms in total. The molecule has 0 aliphatic rings. The number of hydrogen-bond donors (Lipinski definition) is 1. The summed E-state index contributed by atoms with van der Waals surface area (Å²) in [6, 6.07) is 14.9. The standard InChI is InChI=1S/C15H12BIO2/c17-14-8-1-11(2-9-14)3-10-15(18)12-4-6-13(16-19)7-5-12/h1-10,16,19H/b10-3+. The number of ketones is 1. The summed E-state index contributed by atoms with van der Waals surface area (Å²) in [6.07, 6.45) is 3.37. The molecule has 0 heterocycles. The van der Waals surface area contributed by atoms with Gasteiger partial charge in [-0.3, -0.25) is 4.79 Å². The highest BCUT2D eigenvalue weighted by Crippen LogP contribution is 2.09. The van der Waals surface area contributed by atoms with E-state index in [-0.39, 0.29) is 13.3 Å². The topological polar surface area (TPSA) is 37.3 Å². The average Bonchev–Trinajstić information content (AvgIpc) is 2.46. The number of carbonyl (C=O) groups is 1. The van der Waals surface area contributed by atoms with Crippen molar-refractivity contribution < 1.29 is 9.82 Å². The van der Waals surface area contributed by atoms with Crippen molar-refractivity contribution in [2.45, 2.75) is 0 Å². The predicted octanol–water partition coefficient (Wildman–Crippen LogP) is 2.16. The second kappa shape index (κ2) is 6.68. The van der Waals surface area contributed by atoms with E-state index >= 15 is 0 Å². The number of carbonyl (C=O) groups excluding carboxylic acids is 1. The van der Waals surface area contributed by atoms with Crippen LogP contribution in [0.25, 0.3) is 6.08 Å². The van der Waals surface area contributed by atoms with Gasteiger partial charge in [0.15, 0.2) is 5.78 Å². The van der Waals surface area contributed by atoms with Crippen LogP contribution in [-0.4, -0.2) is 18.3 Å². The first-order chi connectivity index (χ1) is 9.19. The molecule has 0 saturated carbocycles. The SMILES string of the molecule is O=C(/C=C/c1ccc(I)cc1)c1ccc(BO)cc1. The van der Waals surface area contributed by atoms with E-state index < -0.39 is 0 Å². The van der Waals surface area contributed by atoms with Gasteiger partial charge in [-0.05, 0) is 46.4 Å². The predicted molar refractivity (Wildman–Crippen MR) is 88.0 cm³/mol. The van der Waals surface area contributed by atoms with Crippen LogP contribution < -0.4 is 5.46 Å². The molecule has 0 saturated heterocycles. The number of halogens is 1. The Labute approximate surface area is 126 Å². The van der Waals surface area contributed by atoms with Gasteiger partial charge in [0, 0.05) is 9.13 Å². The van der Waals surface area contributed by atoms with Gasteiger partial charge in [0.05, 0.1) is 0 Å². The van der Waals surface area contributed by atoms with E-state index in [4.69, 9.17) is 5.02 Å². The molecule has 0 spiro atoms. The number of hydrogen-bond acceptors (Lipinski definition) is 2. The molecule has 4 heteroatoms. The molecule has 0 aliphatic carbocycles. The van der Waals surface area contributed by atoms with Crippen molar-refractivity contribution in [3.8, 4) is 0 Å². The van der Waals surface area contributed by atoms with Crippen LogP contribution >= 0.6 is 22.6 Å². The van der Waals surface area contributed by atoms with Crippen molar-refractivity contribution in [3.05, 3.63) is 69.3 Å². The largest absolute Gasteiger partial charge is 0.449 e. The van der Waals surface area contributed by atoms with Crippen molar-refractivity contribution in [1.82, 2.24) is 0 Å². The van der Waals surface area contributed by atoms with E-state index in [1.54, 1.807) is 36.4 Å². The van der Waals surface area contributed by atoms with Crippen LogP contribution in [0.2, 0.25) is 0 Å². The molecule has 2 aromatic rings. The first kappa shape index (κ1) is 14.0. The Bertz CT molecular complexity index is 589. The van der Waals surface area contributed by atoms with Crippen molar-refractivity contribution in [3.63, 3.8) is 0 Å². The number of rotatable bonds is 4. The lowest BCUT2D eigenvalue weighted by molar-refractivity contribution is 0.104. The van der Waals surface area contributed by atoms with Gasteiger partial charge in [0.1, 0.15) is 0 Å². The zero-order valence-corrected chi connectivity index (χ0v) is 12.4. The van der Waals surface area contributed by atoms with Gasteiger partial charge >= 0.3 is 7.48 Å². The molecule has 0 aromatic heterocycles. The van der Waals surface area contributed by atoms with Crippen LogP contribution in [0.15, 0.2) is 54.6 Å². The zero-order chi connectivity index (χ0) is 13.7. The maximum Gasteiger partial charge on any atom is 0.304 e. The van der Waals surface area contributed by atoms with Gasteiger partial charge in [-0.25, -0.2) is 0 Å². The molecule has 19 heavy (non-hydrogen) atoms. The minimum Gasteiger partial charge on any atom is -0.449 e. The summed E-state index contributed by atoms with van der Waals surface area (Å²) in [5, 5.41) is 8.94. The molecule has 2 rings (SSSR count). The molecule has 2 aromatic carbocycles. The van der Waals surface area contributed by atoms with Gasteiger partial charge < -0.3 is 5.02 Å². The smallest absolute Gasteiger partial charge is 0.304 e. The fourth-order valence-corrected chi connectivity index (χ4v) is 1.98. The van der Waals surface area contributed by atoms with E-state index in [1.807, 2.05) is 24.3 Å². The van der Waals surface area contributed by atoms with E-state index in [1.165, 1.54) is 3.57 Å². The Balaban J connectivity index is 2.09. The maximum atomic E-state index is 11.9. The molecule has 1 N–H and O–H groups in total. The number of allylic oxidation sites excluding steroid dienone is 1. The Morgan fingerprint density at radius 2 is 1.68 bits per heavy atom. The van der Waals surface area contributed by atoms with Crippen LogP contribution in [0.1, 0.15) is 15.9 Å². The molecule has 0 aliphatic heterocycles. The highest BCUT2D eigenvalue weighted by molar-refractivity contribution is 14.1. The third-order valence-electron chi connectivity index (χ3n) is 2.72. The summed E-state index contributed by atoms with van der Waals surface area (Å²) < 4.78 is 1.17. The summed E-state index contributed by atoms with van der Waals surface area (Å²) in [5.74, 6) is -0.0389. The molecule has 0 atom stereocenters. The highest BCUT2D eigenvalue weighted by atomic mass is 127. The van der Waals surface area contributed by atoms with E-state index in [0.29, 0.717) is 5.56 Å². The Kier molecular flexibility index (Phi) is 4.93. The van der Waals surface area contributed by atoms with Gasteiger partial charge in [0.2, 0.25) is 0 Å². The second-order valence-corrected chi connectivity index (χ2v) is 5.35. The van der Waals surface area contributed by atoms with E-state index in [2.05, 4.69) is 22.6 Å². The second-order valence-electron chi connectivity index (χ2n) is 4.10. The average molecular weight is 362 g/mol. The fraction of sp³-hybridized carbons (Fsp3) is 0. The lowest BCUT2D eigenvalue weighted by Crippen LogP contribution is -2.13. The van der Waals surface area contributed by atoms with E-state index in [0.717, 1.165) is 11.0 Å². The first-order valence-electron chi connectivity index (χ1n) is 5.87. The molecular weight excluding hydrogens is 350 g/mol. The van der Waals surface area contributed by atoms with Crippen molar-refractivity contribution in [2.24, 2.45) is 0 Å². The van der Waals surface area contributed by atoms with Crippen LogP contribution in [0.4, 0.5) is 0 Å². The molecule has 0 fully saturated rings. The molecular formula is C15H12BIO2. The first-order valence-corrected chi connectivity index (χ1v) is 6.95. The summed E-state index contributed by atoms with van der Waals surface area (Å²) in [7, 11) is -0.00698. The monoisotopic (exact) mass is 362 g/mol. The number of benzene rings is 2. The third-order valence-corrected chi connectivity index (χ3v) is 3.44.